The Hall–Kier alpha value is -1.21. The Kier molecular flexibility index (Phi) is 6.05. The summed E-state index contributed by atoms with van der Waals surface area (Å²) in [4.78, 5) is 8.34. The fourth-order valence-electron chi connectivity index (χ4n) is 4.01. The number of thiazole rings is 1. The molecule has 0 aromatic carbocycles. The molecule has 26 heavy (non-hydrogen) atoms. The molecule has 0 saturated carbocycles. The van der Waals surface area contributed by atoms with Gasteiger partial charge in [0.1, 0.15) is 0 Å². The molecule has 0 unspecified atom stereocenters. The fourth-order valence-corrected chi connectivity index (χ4v) is 4.83. The number of hydrogen-bond acceptors (Lipinski definition) is 5. The van der Waals surface area contributed by atoms with Crippen LogP contribution in [-0.2, 0) is 22.6 Å². The second kappa shape index (κ2) is 8.65. The molecule has 0 amide bonds. The first-order valence-corrected chi connectivity index (χ1v) is 10.6. The molecule has 0 aliphatic carbocycles. The highest BCUT2D eigenvalue weighted by Gasteiger charge is 2.25. The molecule has 2 aromatic rings. The molecule has 4 heterocycles. The standard InChI is InChI=1S/C20H29N3O2S/c1-16-20(26-15-21-16)13-22-11-18-3-2-7-23(18)19(12-22)6-10-25-14-17-4-8-24-9-5-17/h2-3,7,15,17,19H,4-6,8-14H2,1H3/t19-/m0/s1. The van der Waals surface area contributed by atoms with Crippen molar-refractivity contribution >= 4 is 11.3 Å². The van der Waals surface area contributed by atoms with Crippen molar-refractivity contribution in [3.8, 4) is 0 Å². The van der Waals surface area contributed by atoms with Crippen molar-refractivity contribution in [2.24, 2.45) is 5.92 Å². The van der Waals surface area contributed by atoms with E-state index in [4.69, 9.17) is 9.47 Å². The van der Waals surface area contributed by atoms with Gasteiger partial charge in [-0.05, 0) is 44.2 Å². The van der Waals surface area contributed by atoms with E-state index < -0.39 is 0 Å². The van der Waals surface area contributed by atoms with Gasteiger partial charge in [-0.2, -0.15) is 0 Å². The first-order valence-electron chi connectivity index (χ1n) is 9.72. The SMILES string of the molecule is Cc1ncsc1CN1Cc2cccn2[C@@H](CCOCC2CCOCC2)C1. The third-order valence-corrected chi connectivity index (χ3v) is 6.54. The normalized spacial score (nSPS) is 21.8. The van der Waals surface area contributed by atoms with Crippen LogP contribution in [0.25, 0.3) is 0 Å². The van der Waals surface area contributed by atoms with Crippen LogP contribution in [0, 0.1) is 12.8 Å². The van der Waals surface area contributed by atoms with E-state index in [9.17, 15) is 0 Å². The van der Waals surface area contributed by atoms with Gasteiger partial charge in [-0.3, -0.25) is 4.90 Å². The summed E-state index contributed by atoms with van der Waals surface area (Å²) in [7, 11) is 0. The van der Waals surface area contributed by atoms with E-state index in [2.05, 4.69) is 39.7 Å². The first-order chi connectivity index (χ1) is 12.8. The third-order valence-electron chi connectivity index (χ3n) is 5.62. The minimum absolute atomic E-state index is 0.497. The second-order valence-corrected chi connectivity index (χ2v) is 8.45. The summed E-state index contributed by atoms with van der Waals surface area (Å²) >= 11 is 1.77. The monoisotopic (exact) mass is 375 g/mol. The summed E-state index contributed by atoms with van der Waals surface area (Å²) in [5.74, 6) is 0.683. The highest BCUT2D eigenvalue weighted by Crippen LogP contribution is 2.27. The molecule has 142 valence electrons. The number of aryl methyl sites for hydroxylation is 1. The predicted molar refractivity (Wildman–Crippen MR) is 103 cm³/mol. The molecule has 0 bridgehead atoms. The summed E-state index contributed by atoms with van der Waals surface area (Å²) in [6, 6.07) is 4.92. The third kappa shape index (κ3) is 4.36. The maximum Gasteiger partial charge on any atom is 0.0798 e. The van der Waals surface area contributed by atoms with E-state index in [0.29, 0.717) is 12.0 Å². The zero-order chi connectivity index (χ0) is 17.8. The average Bonchev–Trinajstić information content (AvgIpc) is 3.29. The lowest BCUT2D eigenvalue weighted by Crippen LogP contribution is -2.37. The van der Waals surface area contributed by atoms with E-state index in [1.54, 1.807) is 11.3 Å². The molecule has 0 spiro atoms. The minimum atomic E-state index is 0.497. The summed E-state index contributed by atoms with van der Waals surface area (Å²) < 4.78 is 13.9. The number of ether oxygens (including phenoxy) is 2. The quantitative estimate of drug-likeness (QED) is 0.693. The number of hydrogen-bond donors (Lipinski definition) is 0. The Balaban J connectivity index is 1.30. The van der Waals surface area contributed by atoms with Crippen LogP contribution < -0.4 is 0 Å². The van der Waals surface area contributed by atoms with E-state index in [1.807, 2.05) is 5.51 Å². The van der Waals surface area contributed by atoms with E-state index in [1.165, 1.54) is 16.3 Å². The molecule has 0 N–H and O–H groups in total. The van der Waals surface area contributed by atoms with E-state index in [0.717, 1.165) is 65.3 Å². The number of aromatic nitrogens is 2. The van der Waals surface area contributed by atoms with Gasteiger partial charge >= 0.3 is 0 Å². The molecule has 2 aromatic heterocycles. The van der Waals surface area contributed by atoms with Gasteiger partial charge in [0.15, 0.2) is 0 Å². The van der Waals surface area contributed by atoms with Gasteiger partial charge < -0.3 is 14.0 Å². The van der Waals surface area contributed by atoms with Crippen molar-refractivity contribution in [2.75, 3.05) is 33.0 Å². The minimum Gasteiger partial charge on any atom is -0.381 e. The molecule has 5 nitrogen and oxygen atoms in total. The summed E-state index contributed by atoms with van der Waals surface area (Å²) in [5.41, 5.74) is 4.54. The summed E-state index contributed by atoms with van der Waals surface area (Å²) in [5, 5.41) is 0. The Bertz CT molecular complexity index is 693. The summed E-state index contributed by atoms with van der Waals surface area (Å²) in [6.07, 6.45) is 5.59. The van der Waals surface area contributed by atoms with Gasteiger partial charge in [0.2, 0.25) is 0 Å². The van der Waals surface area contributed by atoms with Crippen molar-refractivity contribution in [2.45, 2.75) is 45.3 Å². The van der Waals surface area contributed by atoms with Gasteiger partial charge in [-0.1, -0.05) is 0 Å². The molecule has 1 saturated heterocycles. The van der Waals surface area contributed by atoms with Crippen LogP contribution in [0.5, 0.6) is 0 Å². The second-order valence-electron chi connectivity index (χ2n) is 7.51. The topological polar surface area (TPSA) is 39.5 Å². The van der Waals surface area contributed by atoms with Crippen LogP contribution in [0.15, 0.2) is 23.8 Å². The number of fused-ring (bicyclic) bond motifs is 1. The highest BCUT2D eigenvalue weighted by molar-refractivity contribution is 7.09. The zero-order valence-corrected chi connectivity index (χ0v) is 16.4. The van der Waals surface area contributed by atoms with Gasteiger partial charge in [0.05, 0.1) is 11.2 Å². The van der Waals surface area contributed by atoms with E-state index >= 15 is 0 Å². The summed E-state index contributed by atoms with van der Waals surface area (Å²) in [6.45, 7) is 8.74. The van der Waals surface area contributed by atoms with E-state index in [-0.39, 0.29) is 0 Å². The molecular weight excluding hydrogens is 346 g/mol. The molecule has 0 radical (unpaired) electrons. The van der Waals surface area contributed by atoms with Crippen molar-refractivity contribution in [3.05, 3.63) is 40.1 Å². The van der Waals surface area contributed by atoms with Crippen LogP contribution in [0.1, 0.15) is 41.6 Å². The Morgan fingerprint density at radius 1 is 1.35 bits per heavy atom. The molecule has 2 aliphatic rings. The Morgan fingerprint density at radius 3 is 3.04 bits per heavy atom. The van der Waals surface area contributed by atoms with Crippen molar-refractivity contribution in [1.29, 1.82) is 0 Å². The molecule has 1 atom stereocenters. The van der Waals surface area contributed by atoms with Crippen molar-refractivity contribution in [1.82, 2.24) is 14.5 Å². The fraction of sp³-hybridized carbons (Fsp3) is 0.650. The predicted octanol–water partition coefficient (Wildman–Crippen LogP) is 3.64. The molecule has 2 aliphatic heterocycles. The van der Waals surface area contributed by atoms with Gasteiger partial charge in [0, 0.05) is 68.9 Å². The van der Waals surface area contributed by atoms with Crippen LogP contribution in [0.3, 0.4) is 0 Å². The largest absolute Gasteiger partial charge is 0.381 e. The lowest BCUT2D eigenvalue weighted by Gasteiger charge is -2.35. The number of rotatable bonds is 7. The smallest absolute Gasteiger partial charge is 0.0798 e. The van der Waals surface area contributed by atoms with Crippen LogP contribution in [0.4, 0.5) is 0 Å². The van der Waals surface area contributed by atoms with Crippen LogP contribution in [0.2, 0.25) is 0 Å². The Morgan fingerprint density at radius 2 is 2.23 bits per heavy atom. The van der Waals surface area contributed by atoms with Gasteiger partial charge in [-0.25, -0.2) is 4.98 Å². The Labute approximate surface area is 159 Å². The van der Waals surface area contributed by atoms with Gasteiger partial charge in [-0.15, -0.1) is 11.3 Å². The lowest BCUT2D eigenvalue weighted by molar-refractivity contribution is 0.0160. The maximum atomic E-state index is 6.03. The van der Waals surface area contributed by atoms with Gasteiger partial charge in [0.25, 0.3) is 0 Å². The molecular formula is C20H29N3O2S. The first kappa shape index (κ1) is 18.2. The molecule has 1 fully saturated rings. The molecule has 4 rings (SSSR count). The van der Waals surface area contributed by atoms with Crippen molar-refractivity contribution < 1.29 is 9.47 Å². The van der Waals surface area contributed by atoms with Crippen LogP contribution >= 0.6 is 11.3 Å². The molecule has 6 heteroatoms. The van der Waals surface area contributed by atoms with Crippen LogP contribution in [-0.4, -0.2) is 47.4 Å². The lowest BCUT2D eigenvalue weighted by atomic mass is 10.0. The van der Waals surface area contributed by atoms with Crippen molar-refractivity contribution in [3.63, 3.8) is 0 Å². The highest BCUT2D eigenvalue weighted by atomic mass is 32.1. The average molecular weight is 376 g/mol. The zero-order valence-electron chi connectivity index (χ0n) is 15.6. The maximum absolute atomic E-state index is 6.03. The number of nitrogens with zero attached hydrogens (tertiary/aromatic N) is 3.